The Bertz CT molecular complexity index is 1330. The molecule has 1 fully saturated rings. The van der Waals surface area contributed by atoms with Gasteiger partial charge >= 0.3 is 5.97 Å². The quantitative estimate of drug-likeness (QED) is 0.564. The van der Waals surface area contributed by atoms with Crippen LogP contribution < -0.4 is 10.9 Å². The fourth-order valence-corrected chi connectivity index (χ4v) is 5.29. The van der Waals surface area contributed by atoms with Gasteiger partial charge in [0.1, 0.15) is 11.5 Å². The van der Waals surface area contributed by atoms with Crippen LogP contribution in [-0.4, -0.2) is 52.1 Å². The number of H-pyrrole nitrogens is 1. The molecule has 2 aromatic heterocycles. The fourth-order valence-electron chi connectivity index (χ4n) is 5.29. The van der Waals surface area contributed by atoms with E-state index in [2.05, 4.69) is 15.2 Å². The number of nitrogens with one attached hydrogen (secondary N) is 2. The van der Waals surface area contributed by atoms with Gasteiger partial charge in [-0.2, -0.15) is 0 Å². The van der Waals surface area contributed by atoms with Crippen molar-refractivity contribution in [2.45, 2.75) is 38.8 Å². The van der Waals surface area contributed by atoms with E-state index in [4.69, 9.17) is 4.74 Å². The molecule has 9 heteroatoms. The van der Waals surface area contributed by atoms with Crippen LogP contribution in [0.5, 0.6) is 0 Å². The molecule has 2 bridgehead atoms. The zero-order chi connectivity index (χ0) is 24.0. The summed E-state index contributed by atoms with van der Waals surface area (Å²) in [6.07, 6.45) is 0.989. The molecule has 2 N–H and O–H groups in total. The van der Waals surface area contributed by atoms with Gasteiger partial charge in [0.2, 0.25) is 5.91 Å². The summed E-state index contributed by atoms with van der Waals surface area (Å²) < 4.78 is 20.9. The second kappa shape index (κ2) is 8.72. The van der Waals surface area contributed by atoms with Crippen LogP contribution >= 0.6 is 0 Å². The Kier molecular flexibility index (Phi) is 5.73. The molecule has 0 aliphatic carbocycles. The lowest BCUT2D eigenvalue weighted by Gasteiger charge is -2.44. The number of likely N-dealkylation sites (tertiary alicyclic amines) is 1. The van der Waals surface area contributed by atoms with Gasteiger partial charge < -0.3 is 19.6 Å². The molecule has 2 aliphatic heterocycles. The van der Waals surface area contributed by atoms with Gasteiger partial charge in [-0.15, -0.1) is 0 Å². The largest absolute Gasteiger partial charge is 0.461 e. The van der Waals surface area contributed by atoms with Crippen LogP contribution in [0.25, 0.3) is 10.9 Å². The molecule has 2 aliphatic rings. The number of carbonyl (C=O) groups excluding carboxylic acids is 2. The number of hydrogen-bond donors (Lipinski definition) is 2. The molecule has 1 saturated heterocycles. The first-order valence-electron chi connectivity index (χ1n) is 11.6. The number of pyridine rings is 1. The highest BCUT2D eigenvalue weighted by molar-refractivity contribution is 6.11. The number of amides is 1. The van der Waals surface area contributed by atoms with Crippen molar-refractivity contribution < 1.29 is 18.7 Å². The van der Waals surface area contributed by atoms with Gasteiger partial charge in [-0.3, -0.25) is 14.5 Å². The van der Waals surface area contributed by atoms with Gasteiger partial charge in [0, 0.05) is 48.2 Å². The van der Waals surface area contributed by atoms with E-state index in [0.29, 0.717) is 30.5 Å². The average molecular weight is 467 g/mol. The Morgan fingerprint density at radius 3 is 2.85 bits per heavy atom. The lowest BCUT2D eigenvalue weighted by Crippen LogP contribution is -2.52. The van der Waals surface area contributed by atoms with Gasteiger partial charge in [0.05, 0.1) is 18.3 Å². The van der Waals surface area contributed by atoms with E-state index < -0.39 is 17.8 Å². The Morgan fingerprint density at radius 2 is 2.06 bits per heavy atom. The van der Waals surface area contributed by atoms with Crippen LogP contribution in [0.2, 0.25) is 0 Å². The summed E-state index contributed by atoms with van der Waals surface area (Å²) in [5, 5.41) is 3.27. The smallest absolute Gasteiger partial charge is 0.356 e. The maximum Gasteiger partial charge on any atom is 0.356 e. The summed E-state index contributed by atoms with van der Waals surface area (Å²) in [4.78, 5) is 43.2. The van der Waals surface area contributed by atoms with E-state index in [0.717, 1.165) is 12.1 Å². The number of aromatic amines is 1. The molecule has 0 saturated carbocycles. The Morgan fingerprint density at radius 1 is 1.24 bits per heavy atom. The third-order valence-electron chi connectivity index (χ3n) is 6.92. The number of nitrogens with zero attached hydrogens (tertiary/aromatic N) is 2. The Hall–Kier alpha value is -3.46. The summed E-state index contributed by atoms with van der Waals surface area (Å²) in [7, 11) is 0. The molecule has 3 atom stereocenters. The van der Waals surface area contributed by atoms with Crippen molar-refractivity contribution in [3.05, 3.63) is 64.0 Å². The first-order chi connectivity index (χ1) is 16.4. The Balaban J connectivity index is 1.40. The van der Waals surface area contributed by atoms with Crippen LogP contribution in [0.15, 0.2) is 41.2 Å². The number of esters is 1. The maximum absolute atomic E-state index is 14.0. The van der Waals surface area contributed by atoms with Crippen molar-refractivity contribution in [1.29, 1.82) is 0 Å². The fraction of sp³-hybridized carbons (Fsp3) is 0.400. The van der Waals surface area contributed by atoms with Gasteiger partial charge in [-0.25, -0.2) is 9.18 Å². The highest BCUT2D eigenvalue weighted by Gasteiger charge is 2.37. The molecular weight excluding hydrogens is 439 g/mol. The molecule has 0 radical (unpaired) electrons. The van der Waals surface area contributed by atoms with Crippen LogP contribution in [0.1, 0.15) is 42.4 Å². The SMILES string of the molecule is CCOC(=O)c1[nH]c2ccc(F)cc2c1NC(=O)C(C)N1C[C@@H]2C[C@@H](C1)c1cccc(=O)n1C2. The van der Waals surface area contributed by atoms with Crippen molar-refractivity contribution >= 4 is 28.5 Å². The van der Waals surface area contributed by atoms with Crippen LogP contribution in [-0.2, 0) is 16.1 Å². The van der Waals surface area contributed by atoms with E-state index in [1.807, 2.05) is 17.6 Å². The maximum atomic E-state index is 14.0. The number of aromatic nitrogens is 2. The summed E-state index contributed by atoms with van der Waals surface area (Å²) in [5.74, 6) is -0.922. The lowest BCUT2D eigenvalue weighted by atomic mass is 9.82. The molecule has 8 nitrogen and oxygen atoms in total. The third-order valence-corrected chi connectivity index (χ3v) is 6.92. The molecule has 34 heavy (non-hydrogen) atoms. The van der Waals surface area contributed by atoms with Gasteiger partial charge in [-0.1, -0.05) is 6.07 Å². The third kappa shape index (κ3) is 3.90. The summed E-state index contributed by atoms with van der Waals surface area (Å²) in [6.45, 7) is 5.69. The predicted octanol–water partition coefficient (Wildman–Crippen LogP) is 3.09. The average Bonchev–Trinajstić information content (AvgIpc) is 3.17. The first-order valence-corrected chi connectivity index (χ1v) is 11.6. The normalized spacial score (nSPS) is 20.6. The highest BCUT2D eigenvalue weighted by Crippen LogP contribution is 2.36. The first kappa shape index (κ1) is 22.3. The standard InChI is InChI=1S/C25H27FN4O4/c1-3-34-25(33)23-22(18-10-17(26)7-8-19(18)27-23)28-24(32)14(2)29-11-15-9-16(13-29)20-5-4-6-21(31)30(20)12-15/h4-8,10,14-16,27H,3,9,11-13H2,1-2H3,(H,28,32)/t14?,15-,16-/m0/s1. The van der Waals surface area contributed by atoms with Crippen molar-refractivity contribution in [3.63, 3.8) is 0 Å². The van der Waals surface area contributed by atoms with Gasteiger partial charge in [0.25, 0.3) is 5.56 Å². The van der Waals surface area contributed by atoms with Crippen molar-refractivity contribution in [2.24, 2.45) is 5.92 Å². The highest BCUT2D eigenvalue weighted by atomic mass is 19.1. The zero-order valence-corrected chi connectivity index (χ0v) is 19.1. The van der Waals surface area contributed by atoms with Crippen molar-refractivity contribution in [1.82, 2.24) is 14.5 Å². The number of halogens is 1. The predicted molar refractivity (Wildman–Crippen MR) is 125 cm³/mol. The van der Waals surface area contributed by atoms with Gasteiger partial charge in [0.15, 0.2) is 0 Å². The number of benzene rings is 1. The zero-order valence-electron chi connectivity index (χ0n) is 19.1. The number of carbonyl (C=O) groups is 2. The number of anilines is 1. The van der Waals surface area contributed by atoms with Crippen LogP contribution in [0, 0.1) is 11.7 Å². The molecule has 4 heterocycles. The summed E-state index contributed by atoms with van der Waals surface area (Å²) >= 11 is 0. The van der Waals surface area contributed by atoms with E-state index in [1.54, 1.807) is 19.1 Å². The molecule has 0 spiro atoms. The molecule has 1 unspecified atom stereocenters. The molecule has 5 rings (SSSR count). The number of ether oxygens (including phenoxy) is 1. The molecule has 1 amide bonds. The van der Waals surface area contributed by atoms with Crippen LogP contribution in [0.3, 0.4) is 0 Å². The minimum Gasteiger partial charge on any atom is -0.461 e. The molecule has 178 valence electrons. The topological polar surface area (TPSA) is 96.4 Å². The molecular formula is C25H27FN4O4. The Labute approximate surface area is 195 Å². The van der Waals surface area contributed by atoms with Crippen molar-refractivity contribution in [2.75, 3.05) is 25.0 Å². The summed E-state index contributed by atoms with van der Waals surface area (Å²) in [5.41, 5.74) is 1.87. The van der Waals surface area contributed by atoms with Crippen LogP contribution in [0.4, 0.5) is 10.1 Å². The van der Waals surface area contributed by atoms with E-state index in [9.17, 15) is 18.8 Å². The van der Waals surface area contributed by atoms with E-state index >= 15 is 0 Å². The summed E-state index contributed by atoms with van der Waals surface area (Å²) in [6, 6.07) is 8.98. The monoisotopic (exact) mass is 466 g/mol. The number of hydrogen-bond acceptors (Lipinski definition) is 5. The molecule has 3 aromatic rings. The van der Waals surface area contributed by atoms with Gasteiger partial charge in [-0.05, 0) is 50.5 Å². The number of piperidine rings is 1. The second-order valence-corrected chi connectivity index (χ2v) is 9.10. The number of fused-ring (bicyclic) bond motifs is 5. The minimum atomic E-state index is -0.614. The minimum absolute atomic E-state index is 0.0181. The van der Waals surface area contributed by atoms with Crippen molar-refractivity contribution in [3.8, 4) is 0 Å². The van der Waals surface area contributed by atoms with E-state index in [-0.39, 0.29) is 41.3 Å². The van der Waals surface area contributed by atoms with E-state index in [1.165, 1.54) is 18.2 Å². The second-order valence-electron chi connectivity index (χ2n) is 9.10. The molecule has 1 aromatic carbocycles. The lowest BCUT2D eigenvalue weighted by molar-refractivity contribution is -0.121. The number of rotatable bonds is 5.